The van der Waals surface area contributed by atoms with Crippen molar-refractivity contribution in [1.29, 1.82) is 0 Å². The summed E-state index contributed by atoms with van der Waals surface area (Å²) in [4.78, 5) is 40.6. The maximum absolute atomic E-state index is 11.0. The first-order chi connectivity index (χ1) is 12.5. The average Bonchev–Trinajstić information content (AvgIpc) is 2.72. The van der Waals surface area contributed by atoms with Crippen LogP contribution in [0.5, 0.6) is 0 Å². The van der Waals surface area contributed by atoms with Crippen LogP contribution >= 0.6 is 0 Å². The topological polar surface area (TPSA) is 156 Å². The van der Waals surface area contributed by atoms with Crippen LogP contribution in [0.25, 0.3) is 0 Å². The van der Waals surface area contributed by atoms with Crippen LogP contribution in [-0.2, 0) is 20.8 Å². The van der Waals surface area contributed by atoms with Gasteiger partial charge in [-0.2, -0.15) is 0 Å². The van der Waals surface area contributed by atoms with E-state index in [4.69, 9.17) is 5.11 Å². The molecule has 10 nitrogen and oxygen atoms in total. The average molecular weight is 429 g/mol. The van der Waals surface area contributed by atoms with Gasteiger partial charge in [-0.05, 0) is 24.3 Å². The number of pyridine rings is 2. The number of hydrogen-bond donors (Lipinski definition) is 1. The van der Waals surface area contributed by atoms with Crippen LogP contribution in [-0.4, -0.2) is 68.2 Å². The Labute approximate surface area is 199 Å². The molecule has 0 aliphatic rings. The smallest absolute Gasteiger partial charge is 0.464 e. The van der Waals surface area contributed by atoms with Crippen molar-refractivity contribution < 1.29 is 68.7 Å². The van der Waals surface area contributed by atoms with Gasteiger partial charge in [0.05, 0.1) is 33.6 Å². The van der Waals surface area contributed by atoms with Crippen molar-refractivity contribution in [3.8, 4) is 0 Å². The molecule has 2 aromatic heterocycles. The van der Waals surface area contributed by atoms with Crippen LogP contribution in [0.1, 0.15) is 37.2 Å². The third-order valence-electron chi connectivity index (χ3n) is 2.90. The second-order valence-corrected chi connectivity index (χ2v) is 4.56. The monoisotopic (exact) mass is 429 g/mol. The van der Waals surface area contributed by atoms with Gasteiger partial charge in [0.15, 0.2) is 0 Å². The number of esters is 3. The molecular weight excluding hydrogens is 406 g/mol. The second kappa shape index (κ2) is 18.7. The summed E-state index contributed by atoms with van der Waals surface area (Å²) in [5, 5.41) is 8.70. The molecule has 0 amide bonds. The van der Waals surface area contributed by atoms with E-state index in [1.54, 1.807) is 12.1 Å². The van der Waals surface area contributed by atoms with E-state index in [0.29, 0.717) is 5.69 Å². The van der Waals surface area contributed by atoms with Crippen LogP contribution in [0, 0.1) is 7.43 Å². The van der Waals surface area contributed by atoms with Crippen molar-refractivity contribution >= 4 is 26.3 Å². The van der Waals surface area contributed by atoms with E-state index in [0.717, 1.165) is 0 Å². The van der Waals surface area contributed by atoms with Crippen LogP contribution in [0.3, 0.4) is 0 Å². The van der Waals surface area contributed by atoms with E-state index in [-0.39, 0.29) is 74.6 Å². The summed E-state index contributed by atoms with van der Waals surface area (Å²) in [6.07, 6.45) is 0. The molecule has 0 aliphatic heterocycles. The molecule has 0 aliphatic carbocycles. The molecule has 0 saturated heterocycles. The van der Waals surface area contributed by atoms with Gasteiger partial charge in [-0.1, -0.05) is 12.1 Å². The first-order valence-electron chi connectivity index (χ1n) is 7.25. The number of carbonyl (C=O) groups is 3. The minimum atomic E-state index is -0.587. The van der Waals surface area contributed by atoms with Crippen LogP contribution in [0.15, 0.2) is 36.4 Å². The minimum absolute atomic E-state index is 0. The zero-order valence-electron chi connectivity index (χ0n) is 17.5. The first kappa shape index (κ1) is 35.2. The molecular formula is C18H23BN2NaO8. The van der Waals surface area contributed by atoms with Crippen molar-refractivity contribution in [1.82, 2.24) is 9.97 Å². The van der Waals surface area contributed by atoms with E-state index >= 15 is 0 Å². The van der Waals surface area contributed by atoms with E-state index < -0.39 is 17.9 Å². The van der Waals surface area contributed by atoms with E-state index in [9.17, 15) is 14.4 Å². The normalized spacial score (nSPS) is 8.13. The Morgan fingerprint density at radius 2 is 1.13 bits per heavy atom. The summed E-state index contributed by atoms with van der Waals surface area (Å²) >= 11 is 0. The van der Waals surface area contributed by atoms with Crippen molar-refractivity contribution in [2.45, 2.75) is 6.61 Å². The van der Waals surface area contributed by atoms with Crippen LogP contribution in [0.2, 0.25) is 0 Å². The zero-order valence-corrected chi connectivity index (χ0v) is 19.5. The van der Waals surface area contributed by atoms with Gasteiger partial charge >= 0.3 is 47.5 Å². The molecule has 12 heteroatoms. The standard InChI is InChI=1S/C9H9NO4.C8H9NO3.CH3.B.Na.H2O/c1-13-8(11)6-4-3-5-7(10-6)9(12)14-2;1-12-8(11)7-4-2-3-6(5-10)9-7;;;;/h3-5H,1-2H3;2-4,10H,5H2,1H3;1H3;;;1H2/q;;-1;;+1;. The fourth-order valence-electron chi connectivity index (χ4n) is 1.66. The number of ether oxygens (including phenoxy) is 3. The van der Waals surface area contributed by atoms with E-state index in [1.807, 2.05) is 0 Å². The third-order valence-corrected chi connectivity index (χ3v) is 2.90. The van der Waals surface area contributed by atoms with Gasteiger partial charge in [-0.3, -0.25) is 0 Å². The molecule has 2 rings (SSSR count). The van der Waals surface area contributed by atoms with Gasteiger partial charge in [0.2, 0.25) is 0 Å². The largest absolute Gasteiger partial charge is 1.00 e. The van der Waals surface area contributed by atoms with Gasteiger partial charge in [0, 0.05) is 8.41 Å². The Bertz CT molecular complexity index is 761. The molecule has 0 bridgehead atoms. The zero-order chi connectivity index (χ0) is 19.5. The van der Waals surface area contributed by atoms with Crippen molar-refractivity contribution in [2.75, 3.05) is 21.3 Å². The Balaban J connectivity index is -0.000000200. The van der Waals surface area contributed by atoms with Crippen molar-refractivity contribution in [3.63, 3.8) is 0 Å². The molecule has 0 fully saturated rings. The van der Waals surface area contributed by atoms with Gasteiger partial charge in [-0.15, -0.1) is 0 Å². The number of carbonyl (C=O) groups excluding carboxylic acids is 3. The van der Waals surface area contributed by atoms with Crippen molar-refractivity contribution in [3.05, 3.63) is 66.6 Å². The number of aromatic nitrogens is 2. The SMILES string of the molecule is COC(=O)c1cccc(C(=O)OC)n1.COC(=O)c1cccc(CO)n1.O.[B].[CH3-].[Na+]. The minimum Gasteiger partial charge on any atom is -0.464 e. The molecule has 2 heterocycles. The summed E-state index contributed by atoms with van der Waals surface area (Å²) in [6.45, 7) is -0.176. The van der Waals surface area contributed by atoms with E-state index in [1.165, 1.54) is 45.6 Å². The molecule has 0 saturated carbocycles. The summed E-state index contributed by atoms with van der Waals surface area (Å²) < 4.78 is 13.4. The van der Waals surface area contributed by atoms with E-state index in [2.05, 4.69) is 24.2 Å². The Morgan fingerprint density at radius 1 is 0.800 bits per heavy atom. The molecule has 3 N–H and O–H groups in total. The third kappa shape index (κ3) is 11.0. The summed E-state index contributed by atoms with van der Waals surface area (Å²) in [5.74, 6) is -1.67. The first-order valence-corrected chi connectivity index (χ1v) is 7.25. The molecule has 0 unspecified atom stereocenters. The van der Waals surface area contributed by atoms with Gasteiger partial charge in [0.1, 0.15) is 17.1 Å². The van der Waals surface area contributed by atoms with Gasteiger partial charge in [0.25, 0.3) is 0 Å². The molecule has 3 radical (unpaired) electrons. The summed E-state index contributed by atoms with van der Waals surface area (Å²) in [6, 6.07) is 9.25. The Morgan fingerprint density at radius 3 is 1.47 bits per heavy atom. The number of nitrogens with zero attached hydrogens (tertiary/aromatic N) is 2. The number of aliphatic hydroxyl groups excluding tert-OH is 1. The fraction of sp³-hybridized carbons (Fsp3) is 0.222. The van der Waals surface area contributed by atoms with Crippen molar-refractivity contribution in [2.24, 2.45) is 0 Å². The molecule has 0 atom stereocenters. The predicted molar refractivity (Wildman–Crippen MR) is 104 cm³/mol. The summed E-state index contributed by atoms with van der Waals surface area (Å²) in [5.41, 5.74) is 0.827. The quantitative estimate of drug-likeness (QED) is 0.236. The number of aliphatic hydroxyl groups is 1. The van der Waals surface area contributed by atoms with Crippen LogP contribution < -0.4 is 29.6 Å². The van der Waals surface area contributed by atoms with Gasteiger partial charge < -0.3 is 32.2 Å². The molecule has 157 valence electrons. The molecule has 0 aromatic carbocycles. The molecule has 30 heavy (non-hydrogen) atoms. The second-order valence-electron chi connectivity index (χ2n) is 4.56. The maximum Gasteiger partial charge on any atom is 1.00 e. The van der Waals surface area contributed by atoms with Crippen LogP contribution in [0.4, 0.5) is 0 Å². The van der Waals surface area contributed by atoms with Gasteiger partial charge in [-0.25, -0.2) is 24.4 Å². The Hall–Kier alpha value is -2.31. The number of hydrogen-bond acceptors (Lipinski definition) is 9. The predicted octanol–water partition coefficient (Wildman–Crippen LogP) is -2.74. The number of methoxy groups -OCH3 is 3. The molecule has 0 spiro atoms. The fourth-order valence-corrected chi connectivity index (χ4v) is 1.66. The number of rotatable bonds is 4. The Kier molecular flexibility index (Phi) is 21.9. The summed E-state index contributed by atoms with van der Waals surface area (Å²) in [7, 11) is 3.78. The maximum atomic E-state index is 11.0. The molecule has 2 aromatic rings.